The number of nitrogens with one attached hydrogen (secondary N) is 1. The van der Waals surface area contributed by atoms with E-state index in [2.05, 4.69) is 5.32 Å². The molecule has 1 saturated heterocycles. The predicted molar refractivity (Wildman–Crippen MR) is 96.7 cm³/mol. The summed E-state index contributed by atoms with van der Waals surface area (Å²) in [6.45, 7) is 1.26. The molecule has 0 aromatic heterocycles. The number of hydrogen-bond donors (Lipinski definition) is 1. The molecule has 142 valence electrons. The minimum absolute atomic E-state index is 0.0729. The monoisotopic (exact) mass is 401 g/mol. The maximum Gasteiger partial charge on any atom is 0.282 e. The Morgan fingerprint density at radius 1 is 1.27 bits per heavy atom. The van der Waals surface area contributed by atoms with Gasteiger partial charge in [0.1, 0.15) is 5.56 Å². The van der Waals surface area contributed by atoms with Gasteiger partial charge in [0.25, 0.3) is 11.6 Å². The second-order valence-electron chi connectivity index (χ2n) is 6.72. The molecule has 1 aromatic rings. The summed E-state index contributed by atoms with van der Waals surface area (Å²) in [6.07, 6.45) is 2.81. The van der Waals surface area contributed by atoms with E-state index >= 15 is 0 Å². The molecule has 26 heavy (non-hydrogen) atoms. The van der Waals surface area contributed by atoms with Crippen molar-refractivity contribution in [2.75, 3.05) is 19.6 Å². The van der Waals surface area contributed by atoms with E-state index in [1.165, 1.54) is 18.2 Å². The number of halogens is 1. The van der Waals surface area contributed by atoms with Crippen molar-refractivity contribution in [2.24, 2.45) is 5.92 Å². The first kappa shape index (κ1) is 19.1. The summed E-state index contributed by atoms with van der Waals surface area (Å²) in [5, 5.41) is 13.8. The summed E-state index contributed by atoms with van der Waals surface area (Å²) in [7, 11) is -3.15. The van der Waals surface area contributed by atoms with Gasteiger partial charge in [0.2, 0.25) is 10.0 Å². The van der Waals surface area contributed by atoms with E-state index in [-0.39, 0.29) is 27.4 Å². The van der Waals surface area contributed by atoms with Crippen molar-refractivity contribution in [2.45, 2.75) is 30.9 Å². The van der Waals surface area contributed by atoms with Crippen molar-refractivity contribution in [1.82, 2.24) is 9.62 Å². The zero-order valence-electron chi connectivity index (χ0n) is 14.1. The van der Waals surface area contributed by atoms with Crippen LogP contribution in [-0.2, 0) is 10.0 Å². The standard InChI is InChI=1S/C16H20ClN3O5S/c17-12-1-4-15(20(22)23)14(9-12)16(21)18-10-11-5-7-19(8-6-11)26(24,25)13-2-3-13/h1,4,9,11,13H,2-3,5-8,10H2,(H,18,21). The number of hydrogen-bond acceptors (Lipinski definition) is 5. The second kappa shape index (κ2) is 7.50. The minimum Gasteiger partial charge on any atom is -0.352 e. The smallest absolute Gasteiger partial charge is 0.282 e. The third kappa shape index (κ3) is 4.16. The van der Waals surface area contributed by atoms with E-state index in [1.54, 1.807) is 4.31 Å². The Balaban J connectivity index is 1.55. The topological polar surface area (TPSA) is 110 Å². The fourth-order valence-corrected chi connectivity index (χ4v) is 5.17. The van der Waals surface area contributed by atoms with Crippen LogP contribution in [0.3, 0.4) is 0 Å². The van der Waals surface area contributed by atoms with Gasteiger partial charge < -0.3 is 5.32 Å². The zero-order chi connectivity index (χ0) is 18.9. The molecule has 0 unspecified atom stereocenters. The van der Waals surface area contributed by atoms with Crippen LogP contribution in [0.5, 0.6) is 0 Å². The number of nitro groups is 1. The highest BCUT2D eigenvalue weighted by molar-refractivity contribution is 7.90. The van der Waals surface area contributed by atoms with Gasteiger partial charge in [-0.05, 0) is 43.7 Å². The average molecular weight is 402 g/mol. The van der Waals surface area contributed by atoms with Gasteiger partial charge in [-0.25, -0.2) is 12.7 Å². The molecular formula is C16H20ClN3O5S. The van der Waals surface area contributed by atoms with Crippen LogP contribution in [-0.4, -0.2) is 48.4 Å². The van der Waals surface area contributed by atoms with Crippen LogP contribution in [0.15, 0.2) is 18.2 Å². The van der Waals surface area contributed by atoms with Crippen LogP contribution in [0.25, 0.3) is 0 Å². The minimum atomic E-state index is -3.15. The van der Waals surface area contributed by atoms with Crippen LogP contribution in [0, 0.1) is 16.0 Å². The van der Waals surface area contributed by atoms with Crippen molar-refractivity contribution >= 4 is 33.2 Å². The third-order valence-electron chi connectivity index (χ3n) is 4.83. The number of piperidine rings is 1. The van der Waals surface area contributed by atoms with Crippen molar-refractivity contribution in [3.05, 3.63) is 38.9 Å². The second-order valence-corrected chi connectivity index (χ2v) is 9.36. The summed E-state index contributed by atoms with van der Waals surface area (Å²) in [5.74, 6) is -0.407. The van der Waals surface area contributed by atoms with Gasteiger partial charge >= 0.3 is 0 Å². The molecule has 0 radical (unpaired) electrons. The molecule has 1 N–H and O–H groups in total. The SMILES string of the molecule is O=C(NCC1CCN(S(=O)(=O)C2CC2)CC1)c1cc(Cl)ccc1[N+](=O)[O-]. The number of carbonyl (C=O) groups is 1. The molecule has 0 atom stereocenters. The maximum atomic E-state index is 12.3. The van der Waals surface area contributed by atoms with Gasteiger partial charge in [0.05, 0.1) is 10.2 Å². The van der Waals surface area contributed by atoms with Gasteiger partial charge in [-0.15, -0.1) is 0 Å². The Morgan fingerprint density at radius 3 is 2.50 bits per heavy atom. The number of nitrogens with zero attached hydrogens (tertiary/aromatic N) is 2. The fourth-order valence-electron chi connectivity index (χ4n) is 3.13. The summed E-state index contributed by atoms with van der Waals surface area (Å²) < 4.78 is 26.0. The highest BCUT2D eigenvalue weighted by Crippen LogP contribution is 2.33. The number of amides is 1. The molecular weight excluding hydrogens is 382 g/mol. The van der Waals surface area contributed by atoms with Gasteiger partial charge in [-0.2, -0.15) is 0 Å². The lowest BCUT2D eigenvalue weighted by Gasteiger charge is -2.31. The normalized spacial score (nSPS) is 19.3. The lowest BCUT2D eigenvalue weighted by atomic mass is 9.98. The lowest BCUT2D eigenvalue weighted by Crippen LogP contribution is -2.42. The van der Waals surface area contributed by atoms with Crippen molar-refractivity contribution < 1.29 is 18.1 Å². The molecule has 1 aliphatic heterocycles. The molecule has 1 heterocycles. The molecule has 1 amide bonds. The molecule has 1 aromatic carbocycles. The molecule has 0 bridgehead atoms. The highest BCUT2D eigenvalue weighted by Gasteiger charge is 2.41. The van der Waals surface area contributed by atoms with E-state index in [1.807, 2.05) is 0 Å². The first-order valence-corrected chi connectivity index (χ1v) is 10.4. The fraction of sp³-hybridized carbons (Fsp3) is 0.562. The quantitative estimate of drug-likeness (QED) is 0.580. The van der Waals surface area contributed by atoms with Gasteiger partial charge in [-0.3, -0.25) is 14.9 Å². The van der Waals surface area contributed by atoms with E-state index in [0.29, 0.717) is 32.5 Å². The van der Waals surface area contributed by atoms with E-state index in [9.17, 15) is 23.3 Å². The van der Waals surface area contributed by atoms with E-state index in [0.717, 1.165) is 12.8 Å². The number of nitro benzene ring substituents is 1. The Bertz CT molecular complexity index is 817. The largest absolute Gasteiger partial charge is 0.352 e. The summed E-state index contributed by atoms with van der Waals surface area (Å²) in [5.41, 5.74) is -0.367. The van der Waals surface area contributed by atoms with Gasteiger partial charge in [0, 0.05) is 30.7 Å². The highest BCUT2D eigenvalue weighted by atomic mass is 35.5. The number of rotatable bonds is 6. The third-order valence-corrected chi connectivity index (χ3v) is 7.46. The number of carbonyl (C=O) groups excluding carboxylic acids is 1. The molecule has 0 spiro atoms. The van der Waals surface area contributed by atoms with Crippen LogP contribution in [0.4, 0.5) is 5.69 Å². The summed E-state index contributed by atoms with van der Waals surface area (Å²) in [4.78, 5) is 22.7. The van der Waals surface area contributed by atoms with E-state index < -0.39 is 20.9 Å². The molecule has 1 aliphatic carbocycles. The lowest BCUT2D eigenvalue weighted by molar-refractivity contribution is -0.385. The molecule has 2 aliphatic rings. The predicted octanol–water partition coefficient (Wildman–Crippen LogP) is 2.18. The van der Waals surface area contributed by atoms with Crippen molar-refractivity contribution in [3.63, 3.8) is 0 Å². The van der Waals surface area contributed by atoms with Crippen molar-refractivity contribution in [3.8, 4) is 0 Å². The first-order chi connectivity index (χ1) is 12.3. The van der Waals surface area contributed by atoms with E-state index in [4.69, 9.17) is 11.6 Å². The number of benzene rings is 1. The Hall–Kier alpha value is -1.71. The zero-order valence-corrected chi connectivity index (χ0v) is 15.6. The van der Waals surface area contributed by atoms with Crippen LogP contribution in [0.2, 0.25) is 5.02 Å². The Morgan fingerprint density at radius 2 is 1.92 bits per heavy atom. The van der Waals surface area contributed by atoms with Crippen LogP contribution >= 0.6 is 11.6 Å². The molecule has 1 saturated carbocycles. The summed E-state index contributed by atoms with van der Waals surface area (Å²) in [6, 6.07) is 3.85. The molecule has 8 nitrogen and oxygen atoms in total. The molecule has 3 rings (SSSR count). The Labute approximate surface area is 156 Å². The molecule has 2 fully saturated rings. The summed E-state index contributed by atoms with van der Waals surface area (Å²) >= 11 is 5.84. The van der Waals surface area contributed by atoms with Gasteiger partial charge in [-0.1, -0.05) is 11.6 Å². The Kier molecular flexibility index (Phi) is 5.50. The number of sulfonamides is 1. The molecule has 10 heteroatoms. The first-order valence-electron chi connectivity index (χ1n) is 8.50. The van der Waals surface area contributed by atoms with Crippen molar-refractivity contribution in [1.29, 1.82) is 0 Å². The maximum absolute atomic E-state index is 12.3. The average Bonchev–Trinajstić information content (AvgIpc) is 3.45. The van der Waals surface area contributed by atoms with Gasteiger partial charge in [0.15, 0.2) is 0 Å². The van der Waals surface area contributed by atoms with Crippen LogP contribution in [0.1, 0.15) is 36.0 Å². The van der Waals surface area contributed by atoms with Crippen LogP contribution < -0.4 is 5.32 Å².